The second-order valence-electron chi connectivity index (χ2n) is 4.47. The van der Waals surface area contributed by atoms with Crippen LogP contribution in [-0.2, 0) is 0 Å². The molecule has 0 unspecified atom stereocenters. The van der Waals surface area contributed by atoms with Crippen LogP contribution in [0, 0.1) is 0 Å². The molecule has 2 heterocycles. The zero-order valence-corrected chi connectivity index (χ0v) is 13.0. The number of rotatable bonds is 4. The molecule has 0 radical (unpaired) electrons. The van der Waals surface area contributed by atoms with Gasteiger partial charge in [-0.15, -0.1) is 6.58 Å². The molecule has 0 saturated carbocycles. The molecule has 8 heteroatoms. The number of anilines is 1. The van der Waals surface area contributed by atoms with E-state index in [4.69, 9.17) is 0 Å². The van der Waals surface area contributed by atoms with Crippen LogP contribution in [-0.4, -0.2) is 40.8 Å². The lowest BCUT2D eigenvalue weighted by Crippen LogP contribution is -2.28. The molecule has 0 aliphatic carbocycles. The summed E-state index contributed by atoms with van der Waals surface area (Å²) in [7, 11) is 1.77. The lowest BCUT2D eigenvalue weighted by molar-refractivity contribution is 0.253. The van der Waals surface area contributed by atoms with Crippen LogP contribution in [0.5, 0.6) is 0 Å². The molecule has 0 fully saturated rings. The van der Waals surface area contributed by atoms with Gasteiger partial charge in [-0.3, -0.25) is 0 Å². The van der Waals surface area contributed by atoms with Crippen LogP contribution in [0.4, 0.5) is 14.9 Å². The number of hydrogen-bond donors (Lipinski definition) is 2. The average Bonchev–Trinajstić information content (AvgIpc) is 2.77. The fraction of sp³-hybridized carbons (Fsp3) is 0.231. The maximum atomic E-state index is 13.4. The quantitative estimate of drug-likeness (QED) is 0.816. The number of halogens is 2. The van der Waals surface area contributed by atoms with Gasteiger partial charge in [0.25, 0.3) is 0 Å². The summed E-state index contributed by atoms with van der Waals surface area (Å²) < 4.78 is 15.4. The van der Waals surface area contributed by atoms with Crippen molar-refractivity contribution in [2.24, 2.45) is 0 Å². The van der Waals surface area contributed by atoms with E-state index in [-0.39, 0.29) is 11.9 Å². The predicted molar refractivity (Wildman–Crippen MR) is 83.2 cm³/mol. The molecule has 1 aliphatic rings. The highest BCUT2D eigenvalue weighted by atomic mass is 79.9. The second-order valence-corrected chi connectivity index (χ2v) is 5.22. The summed E-state index contributed by atoms with van der Waals surface area (Å²) in [6.07, 6.45) is 6.01. The topological polar surface area (TPSA) is 62.2 Å². The molecule has 2 N–H and O–H groups in total. The highest BCUT2D eigenvalue weighted by Crippen LogP contribution is 2.24. The minimum atomic E-state index is -0.365. The highest BCUT2D eigenvalue weighted by Gasteiger charge is 2.15. The molecule has 6 nitrogen and oxygen atoms in total. The van der Waals surface area contributed by atoms with Crippen molar-refractivity contribution in [3.05, 3.63) is 41.6 Å². The zero-order valence-electron chi connectivity index (χ0n) is 11.4. The number of carbonyl (C=O) groups excluding carboxylic acids is 1. The maximum Gasteiger partial charge on any atom is 0.319 e. The number of carbonyl (C=O) groups is 1. The van der Waals surface area contributed by atoms with Crippen LogP contribution >= 0.6 is 15.9 Å². The summed E-state index contributed by atoms with van der Waals surface area (Å²) in [6, 6.07) is -0.365. The first-order valence-electron chi connectivity index (χ1n) is 6.19. The van der Waals surface area contributed by atoms with Crippen LogP contribution in [0.3, 0.4) is 0 Å². The third-order valence-corrected chi connectivity index (χ3v) is 3.26. The smallest absolute Gasteiger partial charge is 0.319 e. The van der Waals surface area contributed by atoms with Gasteiger partial charge in [-0.05, 0) is 22.0 Å². The Morgan fingerprint density at radius 1 is 1.67 bits per heavy atom. The minimum absolute atomic E-state index is 0.344. The Morgan fingerprint density at radius 3 is 3.10 bits per heavy atom. The summed E-state index contributed by atoms with van der Waals surface area (Å²) in [5.41, 5.74) is 1.16. The van der Waals surface area contributed by atoms with Crippen molar-refractivity contribution < 1.29 is 9.18 Å². The maximum absolute atomic E-state index is 13.4. The van der Waals surface area contributed by atoms with Crippen LogP contribution in [0.15, 0.2) is 41.6 Å². The molecule has 1 aliphatic heterocycles. The van der Waals surface area contributed by atoms with Crippen molar-refractivity contribution in [1.29, 1.82) is 0 Å². The third kappa shape index (κ3) is 3.94. The molecule has 0 atom stereocenters. The molecule has 21 heavy (non-hydrogen) atoms. The van der Waals surface area contributed by atoms with Crippen LogP contribution in [0.2, 0.25) is 0 Å². The number of amides is 2. The number of hydrogen-bond acceptors (Lipinski definition) is 3. The van der Waals surface area contributed by atoms with Crippen molar-refractivity contribution in [1.82, 2.24) is 20.0 Å². The van der Waals surface area contributed by atoms with Crippen LogP contribution in [0.1, 0.15) is 0 Å². The van der Waals surface area contributed by atoms with Gasteiger partial charge in [0.2, 0.25) is 0 Å². The van der Waals surface area contributed by atoms with Crippen molar-refractivity contribution >= 4 is 33.3 Å². The van der Waals surface area contributed by atoms with Gasteiger partial charge >= 0.3 is 6.03 Å². The largest absolute Gasteiger partial charge is 0.372 e. The molecule has 0 aromatic carbocycles. The average molecular weight is 356 g/mol. The molecule has 1 aromatic rings. The molecular weight excluding hydrogens is 341 g/mol. The third-order valence-electron chi connectivity index (χ3n) is 2.68. The van der Waals surface area contributed by atoms with Gasteiger partial charge in [-0.1, -0.05) is 6.08 Å². The van der Waals surface area contributed by atoms with Gasteiger partial charge < -0.3 is 15.5 Å². The van der Waals surface area contributed by atoms with Gasteiger partial charge in [0, 0.05) is 19.8 Å². The Bertz CT molecular complexity index is 622. The van der Waals surface area contributed by atoms with Crippen LogP contribution in [0.25, 0.3) is 5.70 Å². The first kappa shape index (κ1) is 15.3. The lowest BCUT2D eigenvalue weighted by Gasteiger charge is -2.20. The van der Waals surface area contributed by atoms with E-state index in [1.54, 1.807) is 24.2 Å². The Labute approximate surface area is 130 Å². The number of nitrogens with one attached hydrogen (secondary N) is 2. The van der Waals surface area contributed by atoms with E-state index in [2.05, 4.69) is 38.2 Å². The number of nitrogens with zero attached hydrogens (tertiary/aromatic N) is 3. The highest BCUT2D eigenvalue weighted by molar-refractivity contribution is 9.10. The number of likely N-dealkylation sites (N-methyl/N-ethyl adjacent to an activating group) is 1. The number of allylic oxidation sites excluding steroid dienone is 2. The Balaban J connectivity index is 2.14. The SMILES string of the molecule is C=CCNC(=O)Nc1cn(C2=CC(F)=CN(C)C2)nc1Br. The molecule has 0 bridgehead atoms. The lowest BCUT2D eigenvalue weighted by atomic mass is 10.3. The van der Waals surface area contributed by atoms with E-state index in [1.807, 2.05) is 0 Å². The summed E-state index contributed by atoms with van der Waals surface area (Å²) in [6.45, 7) is 4.40. The van der Waals surface area contributed by atoms with E-state index in [0.717, 1.165) is 0 Å². The zero-order chi connectivity index (χ0) is 15.4. The normalized spacial score (nSPS) is 14.3. The fourth-order valence-electron chi connectivity index (χ4n) is 1.81. The van der Waals surface area contributed by atoms with Gasteiger partial charge in [-0.25, -0.2) is 13.9 Å². The molecule has 2 amide bonds. The van der Waals surface area contributed by atoms with Crippen molar-refractivity contribution in [2.45, 2.75) is 0 Å². The van der Waals surface area contributed by atoms with Crippen molar-refractivity contribution in [2.75, 3.05) is 25.5 Å². The standard InChI is InChI=1S/C13H15BrFN5O/c1-3-4-16-13(21)17-11-8-20(18-12(11)14)10-5-9(15)6-19(2)7-10/h3,5-6,8H,1,4,7H2,2H3,(H2,16,17,21). The van der Waals surface area contributed by atoms with Crippen molar-refractivity contribution in [3.8, 4) is 0 Å². The molecule has 0 spiro atoms. The summed E-state index contributed by atoms with van der Waals surface area (Å²) in [4.78, 5) is 13.3. The molecule has 1 aromatic heterocycles. The summed E-state index contributed by atoms with van der Waals surface area (Å²) in [5.74, 6) is -0.344. The first-order chi connectivity index (χ1) is 9.99. The fourth-order valence-corrected chi connectivity index (χ4v) is 2.18. The molecule has 112 valence electrons. The summed E-state index contributed by atoms with van der Waals surface area (Å²) in [5, 5.41) is 9.46. The Kier molecular flexibility index (Phi) is 4.79. The van der Waals surface area contributed by atoms with E-state index in [9.17, 15) is 9.18 Å². The van der Waals surface area contributed by atoms with E-state index in [0.29, 0.717) is 29.1 Å². The van der Waals surface area contributed by atoms with E-state index < -0.39 is 0 Å². The van der Waals surface area contributed by atoms with Crippen LogP contribution < -0.4 is 10.6 Å². The van der Waals surface area contributed by atoms with Gasteiger partial charge in [0.1, 0.15) is 5.83 Å². The second kappa shape index (κ2) is 6.57. The monoisotopic (exact) mass is 355 g/mol. The van der Waals surface area contributed by atoms with Gasteiger partial charge in [0.05, 0.1) is 24.1 Å². The van der Waals surface area contributed by atoms with Crippen molar-refractivity contribution in [3.63, 3.8) is 0 Å². The first-order valence-corrected chi connectivity index (χ1v) is 6.98. The predicted octanol–water partition coefficient (Wildman–Crippen LogP) is 2.55. The van der Waals surface area contributed by atoms with Gasteiger partial charge in [0.15, 0.2) is 4.60 Å². The molecular formula is C13H15BrFN5O. The van der Waals surface area contributed by atoms with E-state index >= 15 is 0 Å². The number of urea groups is 1. The van der Waals surface area contributed by atoms with Gasteiger partial charge in [-0.2, -0.15) is 5.10 Å². The summed E-state index contributed by atoms with van der Waals surface area (Å²) >= 11 is 3.27. The minimum Gasteiger partial charge on any atom is -0.372 e. The Morgan fingerprint density at radius 2 is 2.43 bits per heavy atom. The molecule has 2 rings (SSSR count). The van der Waals surface area contributed by atoms with E-state index in [1.165, 1.54) is 17.0 Å². The Hall–Kier alpha value is -2.09. The molecule has 0 saturated heterocycles. The number of aromatic nitrogens is 2.